The Kier molecular flexibility index (Phi) is 2.28. The van der Waals surface area contributed by atoms with Gasteiger partial charge in [-0.05, 0) is 35.1 Å². The van der Waals surface area contributed by atoms with Crippen LogP contribution in [0.5, 0.6) is 0 Å². The third-order valence-corrected chi connectivity index (χ3v) is 4.40. The molecule has 0 N–H and O–H groups in total. The molecule has 2 aromatic carbocycles. The monoisotopic (exact) mass is 260 g/mol. The quantitative estimate of drug-likeness (QED) is 0.688. The van der Waals surface area contributed by atoms with Gasteiger partial charge in [0.2, 0.25) is 0 Å². The molecule has 0 spiro atoms. The molecule has 1 heteroatoms. The summed E-state index contributed by atoms with van der Waals surface area (Å²) >= 11 is 3.83. The van der Waals surface area contributed by atoms with Gasteiger partial charge in [-0.15, -0.1) is 0 Å². The first-order valence-corrected chi connectivity index (χ1v) is 6.39. The Labute approximate surface area is 98.4 Å². The summed E-state index contributed by atoms with van der Waals surface area (Å²) in [6, 6.07) is 15.2. The molecule has 15 heavy (non-hydrogen) atoms. The largest absolute Gasteiger partial charge is 0.0836 e. The van der Waals surface area contributed by atoms with Gasteiger partial charge >= 0.3 is 0 Å². The molecule has 0 radical (unpaired) electrons. The van der Waals surface area contributed by atoms with Gasteiger partial charge in [0, 0.05) is 4.83 Å². The lowest BCUT2D eigenvalue weighted by atomic mass is 10.0. The zero-order valence-corrected chi connectivity index (χ0v) is 10.1. The van der Waals surface area contributed by atoms with E-state index in [4.69, 9.17) is 0 Å². The SMILES string of the molecule is BrC(c1cccc2ccccc12)C1CC1. The van der Waals surface area contributed by atoms with Crippen LogP contribution in [0.15, 0.2) is 42.5 Å². The Hall–Kier alpha value is -0.820. The van der Waals surface area contributed by atoms with Gasteiger partial charge in [-0.1, -0.05) is 58.4 Å². The van der Waals surface area contributed by atoms with Gasteiger partial charge in [-0.2, -0.15) is 0 Å². The van der Waals surface area contributed by atoms with Gasteiger partial charge in [-0.3, -0.25) is 0 Å². The van der Waals surface area contributed by atoms with Crippen molar-refractivity contribution >= 4 is 26.7 Å². The highest BCUT2D eigenvalue weighted by molar-refractivity contribution is 9.09. The molecule has 0 bridgehead atoms. The Morgan fingerprint density at radius 2 is 1.73 bits per heavy atom. The lowest BCUT2D eigenvalue weighted by molar-refractivity contribution is 0.829. The first-order chi connectivity index (χ1) is 7.36. The molecular weight excluding hydrogens is 248 g/mol. The zero-order valence-electron chi connectivity index (χ0n) is 8.49. The molecule has 2 aromatic rings. The van der Waals surface area contributed by atoms with Crippen LogP contribution in [0, 0.1) is 5.92 Å². The molecule has 1 atom stereocenters. The number of halogens is 1. The standard InChI is InChI=1S/C14H13Br/c15-14(11-8-9-11)13-7-3-5-10-4-1-2-6-12(10)13/h1-7,11,14H,8-9H2. The molecule has 1 aliphatic rings. The predicted octanol–water partition coefficient (Wildman–Crippen LogP) is 4.69. The molecule has 1 fully saturated rings. The summed E-state index contributed by atoms with van der Waals surface area (Å²) in [5, 5.41) is 2.74. The molecular formula is C14H13Br. The molecule has 0 nitrogen and oxygen atoms in total. The maximum Gasteiger partial charge on any atom is 0.0429 e. The van der Waals surface area contributed by atoms with Crippen LogP contribution in [0.4, 0.5) is 0 Å². The van der Waals surface area contributed by atoms with E-state index in [9.17, 15) is 0 Å². The number of hydrogen-bond donors (Lipinski definition) is 0. The Bertz CT molecular complexity index is 480. The van der Waals surface area contributed by atoms with E-state index in [1.165, 1.54) is 29.2 Å². The van der Waals surface area contributed by atoms with Gasteiger partial charge in [0.15, 0.2) is 0 Å². The fourth-order valence-electron chi connectivity index (χ4n) is 2.13. The highest BCUT2D eigenvalue weighted by Gasteiger charge is 2.30. The lowest BCUT2D eigenvalue weighted by Crippen LogP contribution is -1.92. The molecule has 0 amide bonds. The Morgan fingerprint density at radius 3 is 2.53 bits per heavy atom. The molecule has 76 valence electrons. The number of hydrogen-bond acceptors (Lipinski definition) is 0. The molecule has 0 aromatic heterocycles. The summed E-state index contributed by atoms with van der Waals surface area (Å²) in [5.74, 6) is 0.857. The predicted molar refractivity (Wildman–Crippen MR) is 68.3 cm³/mol. The second-order valence-corrected chi connectivity index (χ2v) is 5.29. The summed E-state index contributed by atoms with van der Waals surface area (Å²) in [4.78, 5) is 0.545. The molecule has 3 rings (SSSR count). The minimum atomic E-state index is 0.545. The van der Waals surface area contributed by atoms with Crippen LogP contribution in [0.2, 0.25) is 0 Å². The van der Waals surface area contributed by atoms with Crippen molar-refractivity contribution in [1.82, 2.24) is 0 Å². The second-order valence-electron chi connectivity index (χ2n) is 4.31. The summed E-state index contributed by atoms with van der Waals surface area (Å²) in [6.45, 7) is 0. The topological polar surface area (TPSA) is 0 Å². The van der Waals surface area contributed by atoms with Gasteiger partial charge in [0.05, 0.1) is 0 Å². The third kappa shape index (κ3) is 1.69. The maximum atomic E-state index is 3.83. The van der Waals surface area contributed by atoms with Gasteiger partial charge < -0.3 is 0 Å². The van der Waals surface area contributed by atoms with E-state index in [0.29, 0.717) is 4.83 Å². The van der Waals surface area contributed by atoms with E-state index in [-0.39, 0.29) is 0 Å². The minimum Gasteiger partial charge on any atom is -0.0836 e. The normalized spacial score (nSPS) is 17.9. The fourth-order valence-corrected chi connectivity index (χ4v) is 3.06. The van der Waals surface area contributed by atoms with Crippen molar-refractivity contribution in [3.63, 3.8) is 0 Å². The number of fused-ring (bicyclic) bond motifs is 1. The van der Waals surface area contributed by atoms with Crippen molar-refractivity contribution in [3.05, 3.63) is 48.0 Å². The minimum absolute atomic E-state index is 0.545. The average molecular weight is 261 g/mol. The van der Waals surface area contributed by atoms with E-state index in [0.717, 1.165) is 5.92 Å². The van der Waals surface area contributed by atoms with Gasteiger partial charge in [0.25, 0.3) is 0 Å². The molecule has 0 saturated heterocycles. The Balaban J connectivity index is 2.16. The van der Waals surface area contributed by atoms with Crippen LogP contribution in [0.25, 0.3) is 10.8 Å². The van der Waals surface area contributed by atoms with Crippen LogP contribution >= 0.6 is 15.9 Å². The van der Waals surface area contributed by atoms with Crippen LogP contribution in [-0.2, 0) is 0 Å². The van der Waals surface area contributed by atoms with Gasteiger partial charge in [0.1, 0.15) is 0 Å². The lowest BCUT2D eigenvalue weighted by Gasteiger charge is -2.11. The summed E-state index contributed by atoms with van der Waals surface area (Å²) < 4.78 is 0. The zero-order chi connectivity index (χ0) is 10.3. The number of benzene rings is 2. The van der Waals surface area contributed by atoms with E-state index in [1.807, 2.05) is 0 Å². The second kappa shape index (κ2) is 3.64. The third-order valence-electron chi connectivity index (χ3n) is 3.16. The van der Waals surface area contributed by atoms with Crippen LogP contribution in [0.3, 0.4) is 0 Å². The van der Waals surface area contributed by atoms with E-state index < -0.39 is 0 Å². The highest BCUT2D eigenvalue weighted by Crippen LogP contribution is 2.47. The van der Waals surface area contributed by atoms with Crippen molar-refractivity contribution in [2.75, 3.05) is 0 Å². The summed E-state index contributed by atoms with van der Waals surface area (Å²) in [6.07, 6.45) is 2.75. The van der Waals surface area contributed by atoms with Crippen molar-refractivity contribution in [2.24, 2.45) is 5.92 Å². The summed E-state index contributed by atoms with van der Waals surface area (Å²) in [7, 11) is 0. The Morgan fingerprint density at radius 1 is 1.00 bits per heavy atom. The number of rotatable bonds is 2. The van der Waals surface area contributed by atoms with Gasteiger partial charge in [-0.25, -0.2) is 0 Å². The smallest absolute Gasteiger partial charge is 0.0429 e. The molecule has 1 saturated carbocycles. The first kappa shape index (κ1) is 9.41. The molecule has 1 unspecified atom stereocenters. The van der Waals surface area contributed by atoms with Crippen molar-refractivity contribution in [3.8, 4) is 0 Å². The van der Waals surface area contributed by atoms with E-state index in [2.05, 4.69) is 58.4 Å². The first-order valence-electron chi connectivity index (χ1n) is 5.48. The van der Waals surface area contributed by atoms with Crippen LogP contribution in [0.1, 0.15) is 23.2 Å². The molecule has 1 aliphatic carbocycles. The number of alkyl halides is 1. The van der Waals surface area contributed by atoms with Crippen molar-refractivity contribution in [2.45, 2.75) is 17.7 Å². The van der Waals surface area contributed by atoms with Crippen molar-refractivity contribution < 1.29 is 0 Å². The van der Waals surface area contributed by atoms with Crippen molar-refractivity contribution in [1.29, 1.82) is 0 Å². The summed E-state index contributed by atoms with van der Waals surface area (Å²) in [5.41, 5.74) is 1.45. The van der Waals surface area contributed by atoms with E-state index in [1.54, 1.807) is 0 Å². The average Bonchev–Trinajstić information content (AvgIpc) is 3.11. The maximum absolute atomic E-state index is 3.83. The fraction of sp³-hybridized carbons (Fsp3) is 0.286. The molecule has 0 aliphatic heterocycles. The van der Waals surface area contributed by atoms with Crippen LogP contribution in [-0.4, -0.2) is 0 Å². The highest BCUT2D eigenvalue weighted by atomic mass is 79.9. The van der Waals surface area contributed by atoms with E-state index >= 15 is 0 Å². The molecule has 0 heterocycles. The van der Waals surface area contributed by atoms with Crippen LogP contribution < -0.4 is 0 Å².